The number of aromatic nitrogens is 3. The molecule has 4 aromatic rings. The first-order valence-corrected chi connectivity index (χ1v) is 11.9. The van der Waals surface area contributed by atoms with Crippen molar-refractivity contribution in [1.29, 1.82) is 0 Å². The Balaban J connectivity index is 2.03. The summed E-state index contributed by atoms with van der Waals surface area (Å²) >= 11 is 0.111. The van der Waals surface area contributed by atoms with E-state index in [4.69, 9.17) is 4.98 Å². The highest BCUT2D eigenvalue weighted by atomic mass is 32.2. The van der Waals surface area contributed by atoms with Gasteiger partial charge in [-0.15, -0.1) is 11.3 Å². The van der Waals surface area contributed by atoms with Gasteiger partial charge in [0.05, 0.1) is 32.3 Å². The molecule has 0 saturated heterocycles. The molecule has 0 amide bonds. The first-order chi connectivity index (χ1) is 14.6. The molecule has 31 heavy (non-hydrogen) atoms. The number of benzene rings is 2. The Morgan fingerprint density at radius 2 is 2.00 bits per heavy atom. The largest absolute Gasteiger partial charge is 0.591 e. The van der Waals surface area contributed by atoms with E-state index in [1.807, 2.05) is 65.0 Å². The highest BCUT2D eigenvalue weighted by molar-refractivity contribution is 7.91. The van der Waals surface area contributed by atoms with Crippen molar-refractivity contribution in [2.24, 2.45) is 11.4 Å². The van der Waals surface area contributed by atoms with E-state index in [-0.39, 0.29) is 5.56 Å². The molecular weight excluding hydrogens is 428 g/mol. The predicted molar refractivity (Wildman–Crippen MR) is 130 cm³/mol. The molecule has 1 atom stereocenters. The summed E-state index contributed by atoms with van der Waals surface area (Å²) in [7, 11) is 1.74. The van der Waals surface area contributed by atoms with E-state index in [1.165, 1.54) is 11.3 Å². The van der Waals surface area contributed by atoms with Crippen LogP contribution >= 0.6 is 11.3 Å². The van der Waals surface area contributed by atoms with E-state index in [0.717, 1.165) is 26.9 Å². The van der Waals surface area contributed by atoms with Gasteiger partial charge < -0.3 is 4.55 Å². The quantitative estimate of drug-likeness (QED) is 0.330. The zero-order valence-corrected chi connectivity index (χ0v) is 20.0. The van der Waals surface area contributed by atoms with Crippen LogP contribution < -0.4 is 5.56 Å². The molecule has 2 heterocycles. The van der Waals surface area contributed by atoms with Gasteiger partial charge in [0.15, 0.2) is 0 Å². The smallest absolute Gasteiger partial charge is 0.261 e. The van der Waals surface area contributed by atoms with Crippen molar-refractivity contribution in [3.05, 3.63) is 57.3 Å². The van der Waals surface area contributed by atoms with E-state index < -0.39 is 16.1 Å². The molecule has 2 aromatic heterocycles. The molecule has 0 N–H and O–H groups in total. The van der Waals surface area contributed by atoms with Crippen molar-refractivity contribution in [1.82, 2.24) is 14.5 Å². The minimum absolute atomic E-state index is 0.129. The molecule has 0 radical (unpaired) electrons. The van der Waals surface area contributed by atoms with Crippen molar-refractivity contribution < 1.29 is 4.55 Å². The summed E-state index contributed by atoms with van der Waals surface area (Å²) in [6, 6.07) is 9.62. The normalized spacial score (nSPS) is 13.8. The van der Waals surface area contributed by atoms with Crippen LogP contribution in [0.4, 0.5) is 0 Å². The van der Waals surface area contributed by atoms with E-state index >= 15 is 0 Å². The fourth-order valence-corrected chi connectivity index (χ4v) is 4.83. The van der Waals surface area contributed by atoms with Gasteiger partial charge in [0, 0.05) is 18.2 Å². The minimum atomic E-state index is -1.41. The highest BCUT2D eigenvalue weighted by Crippen LogP contribution is 2.31. The van der Waals surface area contributed by atoms with Gasteiger partial charge in [0.2, 0.25) is 0 Å². The first kappa shape index (κ1) is 21.7. The lowest BCUT2D eigenvalue weighted by atomic mass is 10.0. The van der Waals surface area contributed by atoms with Crippen LogP contribution in [0.1, 0.15) is 38.8 Å². The summed E-state index contributed by atoms with van der Waals surface area (Å²) in [6.45, 7) is 9.41. The Hall–Kier alpha value is -2.55. The third-order valence-electron chi connectivity index (χ3n) is 5.06. The topological polar surface area (TPSA) is 83.2 Å². The number of hydrogen-bond acceptors (Lipinski definition) is 6. The van der Waals surface area contributed by atoms with Gasteiger partial charge in [-0.3, -0.25) is 9.36 Å². The summed E-state index contributed by atoms with van der Waals surface area (Å²) in [5, 5.41) is 0.522. The Morgan fingerprint density at radius 3 is 2.71 bits per heavy atom. The fraction of sp³-hybridized carbons (Fsp3) is 0.304. The Bertz CT molecular complexity index is 1400. The van der Waals surface area contributed by atoms with E-state index in [0.29, 0.717) is 22.4 Å². The van der Waals surface area contributed by atoms with Crippen LogP contribution in [-0.2, 0) is 18.4 Å². The second kappa shape index (κ2) is 7.85. The minimum Gasteiger partial charge on any atom is -0.591 e. The zero-order valence-electron chi connectivity index (χ0n) is 18.4. The molecule has 0 aliphatic carbocycles. The zero-order chi connectivity index (χ0) is 22.5. The second-order valence-electron chi connectivity index (χ2n) is 8.55. The van der Waals surface area contributed by atoms with Crippen LogP contribution in [0.5, 0.6) is 0 Å². The van der Waals surface area contributed by atoms with Crippen molar-refractivity contribution in [2.45, 2.75) is 39.4 Å². The molecule has 0 bridgehead atoms. The van der Waals surface area contributed by atoms with Crippen LogP contribution in [0, 0.1) is 6.92 Å². The molecule has 2 aromatic carbocycles. The van der Waals surface area contributed by atoms with E-state index in [2.05, 4.69) is 9.38 Å². The van der Waals surface area contributed by atoms with Crippen LogP contribution in [0.2, 0.25) is 0 Å². The molecule has 4 rings (SSSR count). The molecule has 0 spiro atoms. The van der Waals surface area contributed by atoms with Gasteiger partial charge in [-0.05, 0) is 64.4 Å². The number of thiazole rings is 1. The van der Waals surface area contributed by atoms with Gasteiger partial charge in [-0.1, -0.05) is 10.5 Å². The maximum Gasteiger partial charge on any atom is 0.261 e. The summed E-state index contributed by atoms with van der Waals surface area (Å²) in [6.07, 6.45) is 0. The molecule has 0 saturated carbocycles. The lowest BCUT2D eigenvalue weighted by Crippen LogP contribution is -2.27. The van der Waals surface area contributed by atoms with Gasteiger partial charge in [0.1, 0.15) is 21.9 Å². The summed E-state index contributed by atoms with van der Waals surface area (Å²) in [5.74, 6) is 0.571. The Labute approximate surface area is 188 Å². The molecular formula is C23H24N4O2S2. The summed E-state index contributed by atoms with van der Waals surface area (Å²) < 4.78 is 19.2. The SMILES string of the molecule is CC(=N[S@+]([O-])C(C)(C)C)c1cc(C)cc2c(=O)n(C)c(-c3cccc4ncsc34)nc12. The molecule has 8 heteroatoms. The number of hydrogen-bond donors (Lipinski definition) is 0. The molecule has 6 nitrogen and oxygen atoms in total. The Morgan fingerprint density at radius 1 is 1.26 bits per heavy atom. The van der Waals surface area contributed by atoms with Gasteiger partial charge in [-0.25, -0.2) is 9.97 Å². The fourth-order valence-electron chi connectivity index (χ4n) is 3.41. The molecule has 0 fully saturated rings. The Kier molecular flexibility index (Phi) is 5.49. The van der Waals surface area contributed by atoms with Crippen LogP contribution in [-0.4, -0.2) is 29.5 Å². The van der Waals surface area contributed by atoms with Crippen molar-refractivity contribution in [2.75, 3.05) is 0 Å². The summed E-state index contributed by atoms with van der Waals surface area (Å²) in [4.78, 5) is 22.6. The average molecular weight is 453 g/mol. The molecule has 0 unspecified atom stereocenters. The lowest BCUT2D eigenvalue weighted by Gasteiger charge is -2.19. The van der Waals surface area contributed by atoms with Crippen LogP contribution in [0.15, 0.2) is 45.0 Å². The second-order valence-corrected chi connectivity index (χ2v) is 11.3. The lowest BCUT2D eigenvalue weighted by molar-refractivity contribution is 0.561. The maximum absolute atomic E-state index is 13.3. The molecule has 160 valence electrons. The summed E-state index contributed by atoms with van der Waals surface area (Å²) in [5.41, 5.74) is 6.22. The number of nitrogens with zero attached hydrogens (tertiary/aromatic N) is 4. The average Bonchev–Trinajstić information content (AvgIpc) is 3.18. The molecule has 0 aliphatic heterocycles. The predicted octanol–water partition coefficient (Wildman–Crippen LogP) is 4.79. The van der Waals surface area contributed by atoms with Crippen LogP contribution in [0.3, 0.4) is 0 Å². The first-order valence-electron chi connectivity index (χ1n) is 9.89. The standard InChI is InChI=1S/C23H24N4O2S2/c1-13-10-16(14(2)26-31(29)23(3,4)5)19-17(11-13)22(28)27(6)21(25-19)15-8-7-9-18-20(15)30-12-24-18/h7-12H,1-6H3/t31-/m1/s1. The third kappa shape index (κ3) is 3.91. The number of fused-ring (bicyclic) bond motifs is 2. The van der Waals surface area contributed by atoms with Crippen molar-refractivity contribution >= 4 is 49.5 Å². The van der Waals surface area contributed by atoms with Crippen LogP contribution in [0.25, 0.3) is 32.5 Å². The van der Waals surface area contributed by atoms with E-state index in [9.17, 15) is 9.35 Å². The van der Waals surface area contributed by atoms with Gasteiger partial charge in [-0.2, -0.15) is 0 Å². The maximum atomic E-state index is 13.3. The highest BCUT2D eigenvalue weighted by Gasteiger charge is 2.27. The monoisotopic (exact) mass is 452 g/mol. The van der Waals surface area contributed by atoms with E-state index in [1.54, 1.807) is 17.1 Å². The van der Waals surface area contributed by atoms with Crippen molar-refractivity contribution in [3.63, 3.8) is 0 Å². The van der Waals surface area contributed by atoms with Gasteiger partial charge in [0.25, 0.3) is 5.56 Å². The van der Waals surface area contributed by atoms with Crippen molar-refractivity contribution in [3.8, 4) is 11.4 Å². The number of aryl methyl sites for hydroxylation is 1. The third-order valence-corrected chi connectivity index (χ3v) is 7.42. The number of rotatable bonds is 3. The molecule has 0 aliphatic rings. The van der Waals surface area contributed by atoms with Gasteiger partial charge >= 0.3 is 0 Å².